The molecule has 1 aromatic rings. The van der Waals surface area contributed by atoms with E-state index in [9.17, 15) is 13.2 Å². The lowest BCUT2D eigenvalue weighted by atomic mass is 10.3. The van der Waals surface area contributed by atoms with Gasteiger partial charge in [0.15, 0.2) is 0 Å². The van der Waals surface area contributed by atoms with Crippen LogP contribution in [0.2, 0.25) is 0 Å². The third-order valence-electron chi connectivity index (χ3n) is 1.82. The second-order valence-electron chi connectivity index (χ2n) is 3.32. The monoisotopic (exact) mass is 268 g/mol. The van der Waals surface area contributed by atoms with Crippen molar-refractivity contribution < 1.29 is 13.2 Å². The Hall–Kier alpha value is -2.22. The second kappa shape index (κ2) is 5.41. The van der Waals surface area contributed by atoms with Crippen LogP contribution in [0.5, 0.6) is 0 Å². The Morgan fingerprint density at radius 1 is 1.61 bits per heavy atom. The number of nitrogens with zero attached hydrogens (tertiary/aromatic N) is 3. The summed E-state index contributed by atoms with van der Waals surface area (Å²) in [7, 11) is -3.60. The van der Waals surface area contributed by atoms with E-state index in [2.05, 4.69) is 23.4 Å². The number of hydrogen-bond acceptors (Lipinski definition) is 5. The predicted molar refractivity (Wildman–Crippen MR) is 68.6 cm³/mol. The molecule has 1 amide bonds. The van der Waals surface area contributed by atoms with Crippen molar-refractivity contribution in [1.29, 1.82) is 0 Å². The SMILES string of the molecule is C=C/C(=C\N=C)n1cc(C(=O)NS(C)(=O)=O)cn1. The van der Waals surface area contributed by atoms with Crippen LogP contribution in [-0.2, 0) is 10.0 Å². The number of rotatable bonds is 5. The molecule has 0 bridgehead atoms. The van der Waals surface area contributed by atoms with Crippen LogP contribution in [0.4, 0.5) is 0 Å². The van der Waals surface area contributed by atoms with Crippen molar-refractivity contribution in [2.24, 2.45) is 4.99 Å². The largest absolute Gasteiger partial charge is 0.270 e. The molecule has 0 saturated carbocycles. The molecular weight excluding hydrogens is 256 g/mol. The Kier molecular flexibility index (Phi) is 4.16. The molecule has 0 radical (unpaired) electrons. The van der Waals surface area contributed by atoms with Crippen molar-refractivity contribution in [3.63, 3.8) is 0 Å². The van der Waals surface area contributed by atoms with Crippen molar-refractivity contribution in [1.82, 2.24) is 14.5 Å². The molecule has 7 nitrogen and oxygen atoms in total. The molecule has 0 aliphatic carbocycles. The maximum Gasteiger partial charge on any atom is 0.267 e. The van der Waals surface area contributed by atoms with Gasteiger partial charge in [-0.2, -0.15) is 5.10 Å². The topological polar surface area (TPSA) is 93.4 Å². The highest BCUT2D eigenvalue weighted by Gasteiger charge is 2.13. The highest BCUT2D eigenvalue weighted by molar-refractivity contribution is 7.89. The lowest BCUT2D eigenvalue weighted by Crippen LogP contribution is -2.28. The molecule has 8 heteroatoms. The van der Waals surface area contributed by atoms with Crippen LogP contribution >= 0.6 is 0 Å². The summed E-state index contributed by atoms with van der Waals surface area (Å²) < 4.78 is 25.0. The Balaban J connectivity index is 3.00. The van der Waals surface area contributed by atoms with Crippen molar-refractivity contribution in [2.75, 3.05) is 6.26 Å². The molecular formula is C10H12N4O3S. The molecule has 0 aromatic carbocycles. The first-order valence-corrected chi connectivity index (χ1v) is 6.62. The number of aliphatic imine (C=N–C) groups is 1. The minimum Gasteiger partial charge on any atom is -0.270 e. The van der Waals surface area contributed by atoms with E-state index in [-0.39, 0.29) is 5.56 Å². The van der Waals surface area contributed by atoms with Crippen LogP contribution in [0.15, 0.2) is 36.2 Å². The van der Waals surface area contributed by atoms with Gasteiger partial charge in [0.25, 0.3) is 5.91 Å². The summed E-state index contributed by atoms with van der Waals surface area (Å²) in [4.78, 5) is 15.1. The summed E-state index contributed by atoms with van der Waals surface area (Å²) in [5.74, 6) is -0.751. The molecule has 0 unspecified atom stereocenters. The fraction of sp³-hybridized carbons (Fsp3) is 0.100. The van der Waals surface area contributed by atoms with E-state index < -0.39 is 15.9 Å². The molecule has 1 heterocycles. The number of amides is 1. The van der Waals surface area contributed by atoms with Gasteiger partial charge in [0, 0.05) is 6.20 Å². The molecule has 18 heavy (non-hydrogen) atoms. The van der Waals surface area contributed by atoms with Gasteiger partial charge in [0.2, 0.25) is 10.0 Å². The Labute approximate surface area is 105 Å². The van der Waals surface area contributed by atoms with Gasteiger partial charge in [-0.3, -0.25) is 9.79 Å². The van der Waals surface area contributed by atoms with Crippen molar-refractivity contribution >= 4 is 28.3 Å². The number of carbonyl (C=O) groups excluding carboxylic acids is 1. The first-order chi connectivity index (χ1) is 8.37. The van der Waals surface area contributed by atoms with Gasteiger partial charge in [0.05, 0.1) is 29.9 Å². The van der Waals surface area contributed by atoms with E-state index in [0.717, 1.165) is 6.26 Å². The Bertz CT molecular complexity index is 613. The van der Waals surface area contributed by atoms with E-state index in [1.54, 1.807) is 0 Å². The van der Waals surface area contributed by atoms with Crippen molar-refractivity contribution in [2.45, 2.75) is 0 Å². The fourth-order valence-corrected chi connectivity index (χ4v) is 1.56. The Morgan fingerprint density at radius 2 is 2.28 bits per heavy atom. The van der Waals surface area contributed by atoms with Gasteiger partial charge < -0.3 is 0 Å². The highest BCUT2D eigenvalue weighted by atomic mass is 32.2. The highest BCUT2D eigenvalue weighted by Crippen LogP contribution is 2.07. The first-order valence-electron chi connectivity index (χ1n) is 4.73. The zero-order chi connectivity index (χ0) is 13.8. The fourth-order valence-electron chi connectivity index (χ4n) is 1.11. The van der Waals surface area contributed by atoms with E-state index in [4.69, 9.17) is 0 Å². The predicted octanol–water partition coefficient (Wildman–Crippen LogP) is 0.258. The lowest BCUT2D eigenvalue weighted by molar-refractivity contribution is 0.0981. The quantitative estimate of drug-likeness (QED) is 0.612. The molecule has 1 N–H and O–H groups in total. The van der Waals surface area contributed by atoms with E-state index in [0.29, 0.717) is 5.70 Å². The first kappa shape index (κ1) is 13.8. The molecule has 0 fully saturated rings. The van der Waals surface area contributed by atoms with Crippen LogP contribution < -0.4 is 4.72 Å². The number of aromatic nitrogens is 2. The summed E-state index contributed by atoms with van der Waals surface area (Å²) in [6.45, 7) is 6.85. The maximum absolute atomic E-state index is 11.5. The van der Waals surface area contributed by atoms with Crippen LogP contribution in [0.25, 0.3) is 5.70 Å². The molecule has 0 atom stereocenters. The molecule has 0 saturated heterocycles. The molecule has 0 spiro atoms. The molecule has 0 aliphatic rings. The molecule has 1 aromatic heterocycles. The molecule has 96 valence electrons. The number of nitrogens with one attached hydrogen (secondary N) is 1. The van der Waals surface area contributed by atoms with Gasteiger partial charge in [-0.05, 0) is 12.8 Å². The van der Waals surface area contributed by atoms with Gasteiger partial charge in [0.1, 0.15) is 0 Å². The standard InChI is InChI=1S/C10H12N4O3S/c1-4-9(6-11-2)14-7-8(5-12-14)10(15)13-18(3,16)17/h4-7H,1-2H2,3H3,(H,13,15)/b9-6+. The van der Waals surface area contributed by atoms with Gasteiger partial charge in [-0.1, -0.05) is 6.58 Å². The number of hydrogen-bond donors (Lipinski definition) is 1. The summed E-state index contributed by atoms with van der Waals surface area (Å²) in [5.41, 5.74) is 0.612. The summed E-state index contributed by atoms with van der Waals surface area (Å²) in [6, 6.07) is 0. The summed E-state index contributed by atoms with van der Waals surface area (Å²) in [6.07, 6.45) is 6.37. The van der Waals surface area contributed by atoms with Crippen LogP contribution in [0.3, 0.4) is 0 Å². The number of sulfonamides is 1. The van der Waals surface area contributed by atoms with Crippen molar-refractivity contribution in [3.8, 4) is 0 Å². The minimum atomic E-state index is -3.60. The van der Waals surface area contributed by atoms with E-state index in [1.165, 1.54) is 29.4 Å². The van der Waals surface area contributed by atoms with Gasteiger partial charge >= 0.3 is 0 Å². The zero-order valence-electron chi connectivity index (χ0n) is 9.70. The van der Waals surface area contributed by atoms with Crippen molar-refractivity contribution in [3.05, 3.63) is 36.8 Å². The average molecular weight is 268 g/mol. The molecule has 0 aliphatic heterocycles. The Morgan fingerprint density at radius 3 is 2.78 bits per heavy atom. The second-order valence-corrected chi connectivity index (χ2v) is 5.07. The average Bonchev–Trinajstić information content (AvgIpc) is 2.72. The smallest absolute Gasteiger partial charge is 0.267 e. The summed E-state index contributed by atoms with van der Waals surface area (Å²) in [5, 5.41) is 3.89. The zero-order valence-corrected chi connectivity index (χ0v) is 10.5. The van der Waals surface area contributed by atoms with Crippen LogP contribution in [0, 0.1) is 0 Å². The number of carbonyl (C=O) groups is 1. The van der Waals surface area contributed by atoms with E-state index >= 15 is 0 Å². The minimum absolute atomic E-state index is 0.109. The third kappa shape index (κ3) is 3.67. The normalized spacial score (nSPS) is 11.9. The number of allylic oxidation sites excluding steroid dienone is 2. The maximum atomic E-state index is 11.5. The van der Waals surface area contributed by atoms with E-state index in [1.807, 2.05) is 4.72 Å². The van der Waals surface area contributed by atoms with Crippen LogP contribution in [0.1, 0.15) is 10.4 Å². The van der Waals surface area contributed by atoms with Gasteiger partial charge in [-0.15, -0.1) is 0 Å². The molecule has 1 rings (SSSR count). The third-order valence-corrected chi connectivity index (χ3v) is 2.38. The lowest BCUT2D eigenvalue weighted by Gasteiger charge is -2.00. The van der Waals surface area contributed by atoms with Crippen LogP contribution in [-0.4, -0.2) is 37.1 Å². The van der Waals surface area contributed by atoms with Gasteiger partial charge in [-0.25, -0.2) is 17.8 Å². The summed E-state index contributed by atoms with van der Waals surface area (Å²) >= 11 is 0.